The molecule has 0 spiro atoms. The van der Waals surface area contributed by atoms with E-state index in [-0.39, 0.29) is 29.0 Å². The number of benzene rings is 2. The molecule has 0 radical (unpaired) electrons. The fourth-order valence-corrected chi connectivity index (χ4v) is 3.94. The number of rotatable bonds is 7. The zero-order valence-corrected chi connectivity index (χ0v) is 17.7. The molecule has 2 aromatic carbocycles. The number of ketones is 1. The summed E-state index contributed by atoms with van der Waals surface area (Å²) in [5.74, 6) is -3.82. The van der Waals surface area contributed by atoms with Crippen LogP contribution >= 0.6 is 0 Å². The Morgan fingerprint density at radius 1 is 1.12 bits per heavy atom. The quantitative estimate of drug-likeness (QED) is 0.335. The van der Waals surface area contributed by atoms with Crippen LogP contribution in [0.1, 0.15) is 23.6 Å². The van der Waals surface area contributed by atoms with E-state index in [1.54, 1.807) is 24.8 Å². The summed E-state index contributed by atoms with van der Waals surface area (Å²) in [4.78, 5) is 31.1. The lowest BCUT2D eigenvalue weighted by Gasteiger charge is -2.25. The number of carbonyl (C=O) groups excluding carboxylic acids is 2. The predicted molar refractivity (Wildman–Crippen MR) is 115 cm³/mol. The second kappa shape index (κ2) is 9.23. The van der Waals surface area contributed by atoms with Gasteiger partial charge in [0.1, 0.15) is 11.6 Å². The van der Waals surface area contributed by atoms with Crippen LogP contribution < -0.4 is 4.74 Å². The summed E-state index contributed by atoms with van der Waals surface area (Å²) in [6.45, 7) is 0.659. The van der Waals surface area contributed by atoms with Crippen LogP contribution in [-0.2, 0) is 16.1 Å². The highest BCUT2D eigenvalue weighted by atomic mass is 19.1. The summed E-state index contributed by atoms with van der Waals surface area (Å²) in [5.41, 5.74) is -0.252. The summed E-state index contributed by atoms with van der Waals surface area (Å²) in [6.07, 6.45) is 5.48. The van der Waals surface area contributed by atoms with Gasteiger partial charge in [-0.2, -0.15) is 0 Å². The Kier molecular flexibility index (Phi) is 6.21. The molecule has 2 heterocycles. The minimum absolute atomic E-state index is 0.0222. The predicted octanol–water partition coefficient (Wildman–Crippen LogP) is 3.68. The molecule has 170 valence electrons. The number of aryl methyl sites for hydroxylation is 1. The van der Waals surface area contributed by atoms with Gasteiger partial charge in [-0.3, -0.25) is 9.59 Å². The van der Waals surface area contributed by atoms with Crippen LogP contribution in [-0.4, -0.2) is 44.9 Å². The summed E-state index contributed by atoms with van der Waals surface area (Å²) < 4.78 is 35.7. The summed E-state index contributed by atoms with van der Waals surface area (Å²) in [5, 5.41) is 11.0. The van der Waals surface area contributed by atoms with E-state index in [1.807, 2.05) is 4.57 Å². The van der Waals surface area contributed by atoms with E-state index >= 15 is 0 Å². The molecule has 33 heavy (non-hydrogen) atoms. The average molecular weight is 453 g/mol. The van der Waals surface area contributed by atoms with E-state index in [4.69, 9.17) is 4.74 Å². The van der Waals surface area contributed by atoms with Crippen LogP contribution in [0.5, 0.6) is 5.75 Å². The third-order valence-electron chi connectivity index (χ3n) is 5.54. The van der Waals surface area contributed by atoms with Crippen LogP contribution in [0.3, 0.4) is 0 Å². The molecule has 1 aliphatic heterocycles. The number of halogens is 2. The smallest absolute Gasteiger partial charge is 0.295 e. The van der Waals surface area contributed by atoms with Crippen molar-refractivity contribution in [2.75, 3.05) is 13.7 Å². The van der Waals surface area contributed by atoms with E-state index < -0.39 is 35.1 Å². The summed E-state index contributed by atoms with van der Waals surface area (Å²) in [6, 6.07) is 8.24. The maximum absolute atomic E-state index is 14.8. The molecule has 0 aliphatic carbocycles. The Balaban J connectivity index is 1.76. The van der Waals surface area contributed by atoms with Crippen molar-refractivity contribution in [2.24, 2.45) is 0 Å². The minimum Gasteiger partial charge on any atom is -0.507 e. The number of aromatic nitrogens is 2. The van der Waals surface area contributed by atoms with Crippen LogP contribution in [0.4, 0.5) is 8.78 Å². The molecule has 1 N–H and O–H groups in total. The molecule has 1 aromatic heterocycles. The van der Waals surface area contributed by atoms with Crippen molar-refractivity contribution in [3.63, 3.8) is 0 Å². The van der Waals surface area contributed by atoms with Crippen LogP contribution in [0.2, 0.25) is 0 Å². The molecule has 1 unspecified atom stereocenters. The van der Waals surface area contributed by atoms with Crippen molar-refractivity contribution >= 4 is 17.4 Å². The Hall–Kier alpha value is -4.01. The standard InChI is InChI=1S/C24H21F2N3O4/c1-33-19-8-7-15(13-18(19)26)22(30)20-21(16-5-2-3-6-17(16)25)29(24(32)23(20)31)11-4-10-28-12-9-27-14-28/h2-3,5-9,12-14,21,30H,4,10-11H2,1H3/b22-20+. The van der Waals surface area contributed by atoms with Gasteiger partial charge in [0.05, 0.1) is 25.1 Å². The van der Waals surface area contributed by atoms with Crippen molar-refractivity contribution in [3.05, 3.63) is 89.5 Å². The fourth-order valence-electron chi connectivity index (χ4n) is 3.94. The molecule has 0 bridgehead atoms. The van der Waals surface area contributed by atoms with Gasteiger partial charge in [0.2, 0.25) is 0 Å². The second-order valence-corrected chi connectivity index (χ2v) is 7.52. The number of aliphatic hydroxyl groups excluding tert-OH is 1. The molecule has 3 aromatic rings. The SMILES string of the molecule is COc1ccc(/C(O)=C2\C(=O)C(=O)N(CCCn3ccnc3)C2c2ccccc2F)cc1F. The number of carbonyl (C=O) groups is 2. The van der Waals surface area contributed by atoms with Gasteiger partial charge < -0.3 is 19.3 Å². The van der Waals surface area contributed by atoms with Gasteiger partial charge in [-0.25, -0.2) is 13.8 Å². The van der Waals surface area contributed by atoms with Gasteiger partial charge in [0.25, 0.3) is 11.7 Å². The zero-order valence-electron chi connectivity index (χ0n) is 17.7. The first kappa shape index (κ1) is 22.2. The van der Waals surface area contributed by atoms with Crippen molar-refractivity contribution in [1.29, 1.82) is 0 Å². The number of nitrogens with zero attached hydrogens (tertiary/aromatic N) is 3. The lowest BCUT2D eigenvalue weighted by atomic mass is 9.95. The molecule has 1 saturated heterocycles. The summed E-state index contributed by atoms with van der Waals surface area (Å²) >= 11 is 0. The van der Waals surface area contributed by atoms with Gasteiger partial charge in [0, 0.05) is 36.6 Å². The molecule has 1 fully saturated rings. The number of hydrogen-bond donors (Lipinski definition) is 1. The fraction of sp³-hybridized carbons (Fsp3) is 0.208. The lowest BCUT2D eigenvalue weighted by molar-refractivity contribution is -0.140. The van der Waals surface area contributed by atoms with E-state index in [9.17, 15) is 23.5 Å². The number of ether oxygens (including phenoxy) is 1. The molecule has 1 amide bonds. The molecule has 0 saturated carbocycles. The van der Waals surface area contributed by atoms with Gasteiger partial charge >= 0.3 is 0 Å². The second-order valence-electron chi connectivity index (χ2n) is 7.52. The maximum atomic E-state index is 14.8. The maximum Gasteiger partial charge on any atom is 0.295 e. The molecular weight excluding hydrogens is 432 g/mol. The molecule has 1 atom stereocenters. The first-order valence-electron chi connectivity index (χ1n) is 10.2. The van der Waals surface area contributed by atoms with Gasteiger partial charge in [-0.15, -0.1) is 0 Å². The molecule has 1 aliphatic rings. The van der Waals surface area contributed by atoms with E-state index in [0.29, 0.717) is 13.0 Å². The third kappa shape index (κ3) is 4.21. The van der Waals surface area contributed by atoms with Gasteiger partial charge in [-0.05, 0) is 30.7 Å². The Bertz CT molecular complexity index is 1220. The van der Waals surface area contributed by atoms with E-state index in [0.717, 1.165) is 6.07 Å². The van der Waals surface area contributed by atoms with Crippen LogP contribution in [0.25, 0.3) is 5.76 Å². The number of imidazole rings is 1. The number of hydrogen-bond acceptors (Lipinski definition) is 5. The highest BCUT2D eigenvalue weighted by Crippen LogP contribution is 2.40. The van der Waals surface area contributed by atoms with Crippen molar-refractivity contribution < 1.29 is 28.2 Å². The average Bonchev–Trinajstić information content (AvgIpc) is 3.41. The Morgan fingerprint density at radius 2 is 1.91 bits per heavy atom. The lowest BCUT2D eigenvalue weighted by Crippen LogP contribution is -2.31. The number of aliphatic hydroxyl groups is 1. The number of methoxy groups -OCH3 is 1. The highest BCUT2D eigenvalue weighted by Gasteiger charge is 2.46. The molecular formula is C24H21F2N3O4. The van der Waals surface area contributed by atoms with Crippen LogP contribution in [0.15, 0.2) is 66.8 Å². The van der Waals surface area contributed by atoms with Gasteiger partial charge in [-0.1, -0.05) is 18.2 Å². The first-order valence-corrected chi connectivity index (χ1v) is 10.2. The molecule has 7 nitrogen and oxygen atoms in total. The molecule has 9 heteroatoms. The third-order valence-corrected chi connectivity index (χ3v) is 5.54. The topological polar surface area (TPSA) is 84.7 Å². The monoisotopic (exact) mass is 453 g/mol. The first-order chi connectivity index (χ1) is 15.9. The number of amides is 1. The Morgan fingerprint density at radius 3 is 2.58 bits per heavy atom. The minimum atomic E-state index is -1.15. The highest BCUT2D eigenvalue weighted by molar-refractivity contribution is 6.46. The van der Waals surface area contributed by atoms with E-state index in [1.165, 1.54) is 42.3 Å². The normalized spacial score (nSPS) is 17.5. The van der Waals surface area contributed by atoms with Gasteiger partial charge in [0.15, 0.2) is 11.6 Å². The zero-order chi connectivity index (χ0) is 23.5. The number of Topliss-reactive ketones (excluding diaryl/α,β-unsaturated/α-hetero) is 1. The Labute approximate surface area is 188 Å². The number of likely N-dealkylation sites (tertiary alicyclic amines) is 1. The van der Waals surface area contributed by atoms with E-state index in [2.05, 4.69) is 4.98 Å². The largest absolute Gasteiger partial charge is 0.507 e. The van der Waals surface area contributed by atoms with Crippen molar-refractivity contribution in [2.45, 2.75) is 19.0 Å². The van der Waals surface area contributed by atoms with Crippen LogP contribution in [0, 0.1) is 11.6 Å². The van der Waals surface area contributed by atoms with Crippen molar-refractivity contribution in [3.8, 4) is 5.75 Å². The van der Waals surface area contributed by atoms with Crippen molar-refractivity contribution in [1.82, 2.24) is 14.5 Å². The summed E-state index contributed by atoms with van der Waals surface area (Å²) in [7, 11) is 1.30. The molecule has 4 rings (SSSR count).